The normalized spacial score (nSPS) is 22.4. The Hall–Kier alpha value is -2.04. The van der Waals surface area contributed by atoms with E-state index in [4.69, 9.17) is 14.2 Å². The number of benzene rings is 2. The van der Waals surface area contributed by atoms with Gasteiger partial charge in [0.15, 0.2) is 17.6 Å². The lowest BCUT2D eigenvalue weighted by atomic mass is 9.97. The average molecular weight is 312 g/mol. The summed E-state index contributed by atoms with van der Waals surface area (Å²) >= 11 is 0. The molecule has 23 heavy (non-hydrogen) atoms. The van der Waals surface area contributed by atoms with Crippen molar-refractivity contribution in [1.29, 1.82) is 0 Å². The van der Waals surface area contributed by atoms with Crippen molar-refractivity contribution in [3.05, 3.63) is 59.7 Å². The monoisotopic (exact) mass is 312 g/mol. The smallest absolute Gasteiger partial charge is 0.181 e. The van der Waals surface area contributed by atoms with Crippen LogP contribution in [0.15, 0.2) is 48.5 Å². The molecule has 0 aliphatic carbocycles. The Morgan fingerprint density at radius 2 is 1.78 bits per heavy atom. The zero-order valence-electron chi connectivity index (χ0n) is 13.1. The van der Waals surface area contributed by atoms with Crippen molar-refractivity contribution in [2.45, 2.75) is 18.6 Å². The number of quaternary nitrogens is 1. The molecule has 2 heterocycles. The summed E-state index contributed by atoms with van der Waals surface area (Å²) in [5.74, 6) is 1.68. The van der Waals surface area contributed by atoms with Crippen LogP contribution in [0.3, 0.4) is 0 Å². The first-order chi connectivity index (χ1) is 11.4. The van der Waals surface area contributed by atoms with Gasteiger partial charge >= 0.3 is 0 Å². The fraction of sp³-hybridized carbons (Fsp3) is 0.368. The highest BCUT2D eigenvalue weighted by Gasteiger charge is 2.25. The Morgan fingerprint density at radius 1 is 0.957 bits per heavy atom. The molecule has 0 fully saturated rings. The highest BCUT2D eigenvalue weighted by Crippen LogP contribution is 2.30. The SMILES string of the molecule is c1ccc2c(c1)CCO[C@@H]2C[NH2+]C[C@@H]1COc2ccccc2O1. The summed E-state index contributed by atoms with van der Waals surface area (Å²) < 4.78 is 17.7. The molecule has 4 nitrogen and oxygen atoms in total. The van der Waals surface area contributed by atoms with Gasteiger partial charge in [0, 0.05) is 0 Å². The van der Waals surface area contributed by atoms with Crippen LogP contribution in [-0.2, 0) is 11.2 Å². The summed E-state index contributed by atoms with van der Waals surface area (Å²) in [4.78, 5) is 0. The third kappa shape index (κ3) is 3.19. The van der Waals surface area contributed by atoms with Crippen molar-refractivity contribution in [2.75, 3.05) is 26.3 Å². The van der Waals surface area contributed by atoms with Crippen LogP contribution in [0.4, 0.5) is 0 Å². The van der Waals surface area contributed by atoms with Crippen LogP contribution < -0.4 is 14.8 Å². The van der Waals surface area contributed by atoms with Gasteiger partial charge < -0.3 is 19.5 Å². The average Bonchev–Trinajstić information content (AvgIpc) is 2.62. The van der Waals surface area contributed by atoms with Crippen molar-refractivity contribution in [3.63, 3.8) is 0 Å². The maximum Gasteiger partial charge on any atom is 0.181 e. The van der Waals surface area contributed by atoms with E-state index in [0.717, 1.165) is 37.6 Å². The van der Waals surface area contributed by atoms with Gasteiger partial charge in [-0.1, -0.05) is 36.4 Å². The zero-order valence-corrected chi connectivity index (χ0v) is 13.1. The Kier molecular flexibility index (Phi) is 4.18. The van der Waals surface area contributed by atoms with E-state index in [-0.39, 0.29) is 12.2 Å². The Balaban J connectivity index is 1.32. The third-order valence-corrected chi connectivity index (χ3v) is 4.47. The van der Waals surface area contributed by atoms with Crippen molar-refractivity contribution < 1.29 is 19.5 Å². The molecule has 0 saturated carbocycles. The predicted molar refractivity (Wildman–Crippen MR) is 86.9 cm³/mol. The van der Waals surface area contributed by atoms with E-state index in [0.29, 0.717) is 6.61 Å². The molecule has 120 valence electrons. The minimum atomic E-state index is 0.0868. The third-order valence-electron chi connectivity index (χ3n) is 4.47. The summed E-state index contributed by atoms with van der Waals surface area (Å²) in [7, 11) is 0. The van der Waals surface area contributed by atoms with Gasteiger partial charge in [-0.2, -0.15) is 0 Å². The van der Waals surface area contributed by atoms with Crippen molar-refractivity contribution in [2.24, 2.45) is 0 Å². The lowest BCUT2D eigenvalue weighted by molar-refractivity contribution is -0.668. The van der Waals surface area contributed by atoms with Crippen LogP contribution in [0.25, 0.3) is 0 Å². The first-order valence-electron chi connectivity index (χ1n) is 8.30. The van der Waals surface area contributed by atoms with Gasteiger partial charge in [-0.05, 0) is 29.7 Å². The standard InChI is InChI=1S/C19H21NO3/c1-2-6-16-14(5-1)9-10-21-19(16)12-20-11-15-13-22-17-7-3-4-8-18(17)23-15/h1-8,15,19-20H,9-13H2/p+1/t15-,19-/m1/s1. The fourth-order valence-electron chi connectivity index (χ4n) is 3.28. The highest BCUT2D eigenvalue weighted by atomic mass is 16.6. The predicted octanol–water partition coefficient (Wildman–Crippen LogP) is 1.70. The molecule has 4 rings (SSSR count). The van der Waals surface area contributed by atoms with Gasteiger partial charge in [0.2, 0.25) is 0 Å². The summed E-state index contributed by atoms with van der Waals surface area (Å²) in [6.45, 7) is 3.20. The zero-order chi connectivity index (χ0) is 15.5. The maximum absolute atomic E-state index is 5.99. The molecular formula is C19H22NO3+. The molecule has 2 aromatic rings. The second kappa shape index (κ2) is 6.60. The minimum Gasteiger partial charge on any atom is -0.486 e. The van der Waals surface area contributed by atoms with Crippen molar-refractivity contribution >= 4 is 0 Å². The molecule has 0 unspecified atom stereocenters. The van der Waals surface area contributed by atoms with E-state index in [1.165, 1.54) is 11.1 Å². The fourth-order valence-corrected chi connectivity index (χ4v) is 3.28. The number of para-hydroxylation sites is 2. The summed E-state index contributed by atoms with van der Waals surface area (Å²) in [5, 5.41) is 2.27. The number of hydrogen-bond donors (Lipinski definition) is 1. The van der Waals surface area contributed by atoms with Gasteiger partial charge in [-0.3, -0.25) is 0 Å². The summed E-state index contributed by atoms with van der Waals surface area (Å²) in [6.07, 6.45) is 1.28. The molecule has 2 aliphatic heterocycles. The summed E-state index contributed by atoms with van der Waals surface area (Å²) in [5.41, 5.74) is 2.75. The van der Waals surface area contributed by atoms with Crippen molar-refractivity contribution in [3.8, 4) is 11.5 Å². The van der Waals surface area contributed by atoms with Crippen molar-refractivity contribution in [1.82, 2.24) is 0 Å². The quantitative estimate of drug-likeness (QED) is 0.935. The number of nitrogens with two attached hydrogens (primary N) is 1. The molecule has 2 aliphatic rings. The Labute approximate surface area is 136 Å². The highest BCUT2D eigenvalue weighted by molar-refractivity contribution is 5.40. The molecule has 0 saturated heterocycles. The van der Waals surface area contributed by atoms with Gasteiger partial charge in [0.05, 0.1) is 6.61 Å². The topological polar surface area (TPSA) is 44.3 Å². The van der Waals surface area contributed by atoms with Crippen LogP contribution in [0.5, 0.6) is 11.5 Å². The van der Waals surface area contributed by atoms with Gasteiger partial charge in [0.25, 0.3) is 0 Å². The van der Waals surface area contributed by atoms with Crippen LogP contribution in [0.2, 0.25) is 0 Å². The minimum absolute atomic E-state index is 0.0868. The molecule has 0 aromatic heterocycles. The molecule has 0 bridgehead atoms. The number of ether oxygens (including phenoxy) is 3. The molecule has 2 aromatic carbocycles. The van der Waals surface area contributed by atoms with E-state index in [1.807, 2.05) is 24.3 Å². The molecule has 0 spiro atoms. The Morgan fingerprint density at radius 3 is 2.74 bits per heavy atom. The second-order valence-corrected chi connectivity index (χ2v) is 6.07. The molecule has 4 heteroatoms. The first-order valence-corrected chi connectivity index (χ1v) is 8.30. The maximum atomic E-state index is 5.99. The molecule has 0 amide bonds. The second-order valence-electron chi connectivity index (χ2n) is 6.07. The van der Waals surface area contributed by atoms with Crippen LogP contribution in [0, 0.1) is 0 Å². The molecule has 2 N–H and O–H groups in total. The molecular weight excluding hydrogens is 290 g/mol. The molecule has 2 atom stereocenters. The Bertz CT molecular complexity index is 673. The first kappa shape index (κ1) is 14.5. The van der Waals surface area contributed by atoms with E-state index in [9.17, 15) is 0 Å². The van der Waals surface area contributed by atoms with E-state index < -0.39 is 0 Å². The van der Waals surface area contributed by atoms with E-state index in [1.54, 1.807) is 0 Å². The lowest BCUT2D eigenvalue weighted by Crippen LogP contribution is -2.88. The van der Waals surface area contributed by atoms with Crippen LogP contribution in [-0.4, -0.2) is 32.4 Å². The number of rotatable bonds is 4. The van der Waals surface area contributed by atoms with Gasteiger partial charge in [-0.25, -0.2) is 0 Å². The lowest BCUT2D eigenvalue weighted by Gasteiger charge is -2.27. The largest absolute Gasteiger partial charge is 0.486 e. The van der Waals surface area contributed by atoms with Crippen LogP contribution >= 0.6 is 0 Å². The summed E-state index contributed by atoms with van der Waals surface area (Å²) in [6, 6.07) is 16.4. The van der Waals surface area contributed by atoms with Gasteiger partial charge in [-0.15, -0.1) is 0 Å². The van der Waals surface area contributed by atoms with Crippen LogP contribution in [0.1, 0.15) is 17.2 Å². The number of fused-ring (bicyclic) bond motifs is 2. The molecule has 0 radical (unpaired) electrons. The number of hydrogen-bond acceptors (Lipinski definition) is 3. The van der Waals surface area contributed by atoms with Gasteiger partial charge in [0.1, 0.15) is 25.8 Å². The van der Waals surface area contributed by atoms with E-state index in [2.05, 4.69) is 29.6 Å². The van der Waals surface area contributed by atoms with E-state index >= 15 is 0 Å².